The van der Waals surface area contributed by atoms with Gasteiger partial charge in [-0.05, 0) is 41.5 Å². The van der Waals surface area contributed by atoms with E-state index in [-0.39, 0.29) is 5.91 Å². The Morgan fingerprint density at radius 1 is 0.912 bits per heavy atom. The normalized spacial score (nSPS) is 10.9. The molecule has 0 unspecified atom stereocenters. The molecule has 1 amide bonds. The van der Waals surface area contributed by atoms with Gasteiger partial charge in [-0.15, -0.1) is 0 Å². The lowest BCUT2D eigenvalue weighted by Crippen LogP contribution is -2.27. The van der Waals surface area contributed by atoms with Crippen LogP contribution in [0.1, 0.15) is 21.6 Å². The van der Waals surface area contributed by atoms with Crippen LogP contribution in [-0.2, 0) is 13.1 Å². The van der Waals surface area contributed by atoms with Gasteiger partial charge in [-0.25, -0.2) is 9.97 Å². The summed E-state index contributed by atoms with van der Waals surface area (Å²) in [7, 11) is 0. The van der Waals surface area contributed by atoms with Gasteiger partial charge in [0.15, 0.2) is 6.20 Å². The highest BCUT2D eigenvalue weighted by atomic mass is 16.1. The summed E-state index contributed by atoms with van der Waals surface area (Å²) in [5.74, 6) is -0.142. The van der Waals surface area contributed by atoms with Crippen molar-refractivity contribution >= 4 is 16.8 Å². The molecule has 5 rings (SSSR count). The number of amides is 1. The lowest BCUT2D eigenvalue weighted by atomic mass is 9.96. The maximum Gasteiger partial charge on any atom is 0.251 e. The van der Waals surface area contributed by atoms with Crippen LogP contribution >= 0.6 is 0 Å². The van der Waals surface area contributed by atoms with Gasteiger partial charge in [0.2, 0.25) is 16.9 Å². The van der Waals surface area contributed by atoms with Crippen LogP contribution in [0.15, 0.2) is 97.5 Å². The van der Waals surface area contributed by atoms with Gasteiger partial charge in [0.1, 0.15) is 11.9 Å². The topological polar surface area (TPSA) is 96.3 Å². The fourth-order valence-corrected chi connectivity index (χ4v) is 4.05. The summed E-state index contributed by atoms with van der Waals surface area (Å²) in [5.41, 5.74) is 13.6. The molecule has 6 nitrogen and oxygen atoms in total. The largest absolute Gasteiger partial charge is 0.342 e. The smallest absolute Gasteiger partial charge is 0.251 e. The van der Waals surface area contributed by atoms with Crippen LogP contribution in [-0.4, -0.2) is 10.9 Å². The maximum atomic E-state index is 12.6. The van der Waals surface area contributed by atoms with Crippen LogP contribution in [0, 0.1) is 0 Å². The molecule has 0 atom stereocenters. The number of nitrogens with zero attached hydrogens (tertiary/aromatic N) is 1. The number of carbonyl (C=O) groups is 1. The molecule has 2 aromatic carbocycles. The molecule has 3 heterocycles. The van der Waals surface area contributed by atoms with Gasteiger partial charge in [-0.2, -0.15) is 0 Å². The highest BCUT2D eigenvalue weighted by Crippen LogP contribution is 2.31. The Hall–Kier alpha value is -4.42. The number of aromatic nitrogens is 3. The minimum atomic E-state index is -0.142. The van der Waals surface area contributed by atoms with Gasteiger partial charge in [0, 0.05) is 30.1 Å². The molecule has 166 valence electrons. The highest BCUT2D eigenvalue weighted by molar-refractivity contribution is 5.94. The average molecular weight is 448 g/mol. The molecular weight excluding hydrogens is 422 g/mol. The first kappa shape index (κ1) is 21.4. The Morgan fingerprint density at radius 3 is 2.41 bits per heavy atom. The fraction of sp³-hybridized carbons (Fsp3) is 0.0714. The van der Waals surface area contributed by atoms with E-state index in [9.17, 15) is 4.79 Å². The van der Waals surface area contributed by atoms with Crippen molar-refractivity contribution in [2.24, 2.45) is 5.73 Å². The Kier molecular flexibility index (Phi) is 6.05. The molecule has 0 aliphatic rings. The predicted molar refractivity (Wildman–Crippen MR) is 131 cm³/mol. The zero-order valence-electron chi connectivity index (χ0n) is 18.6. The Morgan fingerprint density at radius 2 is 1.68 bits per heavy atom. The van der Waals surface area contributed by atoms with Crippen LogP contribution in [0.3, 0.4) is 0 Å². The molecular formula is C28H25N5O+2. The van der Waals surface area contributed by atoms with Crippen molar-refractivity contribution in [3.63, 3.8) is 0 Å². The summed E-state index contributed by atoms with van der Waals surface area (Å²) < 4.78 is 0. The molecule has 34 heavy (non-hydrogen) atoms. The molecule has 0 fully saturated rings. The number of nitrogens with one attached hydrogen (secondary N) is 3. The molecule has 0 aliphatic heterocycles. The molecule has 5 N–H and O–H groups in total. The van der Waals surface area contributed by atoms with Crippen LogP contribution in [0.5, 0.6) is 0 Å². The van der Waals surface area contributed by atoms with Crippen LogP contribution in [0.4, 0.5) is 0 Å². The van der Waals surface area contributed by atoms with E-state index in [0.29, 0.717) is 18.7 Å². The number of aromatic amines is 2. The van der Waals surface area contributed by atoms with Crippen molar-refractivity contribution in [2.45, 2.75) is 13.1 Å². The fourth-order valence-electron chi connectivity index (χ4n) is 4.05. The SMILES string of the molecule is NCc1ccc(-c2[nH+]c3cc[nH+]c(CNC(=O)c4ccncc4)c3cc2-c2ccccc2)cc1. The van der Waals surface area contributed by atoms with E-state index in [4.69, 9.17) is 5.73 Å². The summed E-state index contributed by atoms with van der Waals surface area (Å²) in [6, 6.07) is 26.2. The van der Waals surface area contributed by atoms with Gasteiger partial charge >= 0.3 is 0 Å². The molecule has 5 aromatic rings. The number of pyridine rings is 3. The molecule has 0 spiro atoms. The van der Waals surface area contributed by atoms with E-state index >= 15 is 0 Å². The van der Waals surface area contributed by atoms with Crippen LogP contribution in [0.25, 0.3) is 33.3 Å². The molecule has 0 bridgehead atoms. The second-order valence-electron chi connectivity index (χ2n) is 8.03. The predicted octanol–water partition coefficient (Wildman–Crippen LogP) is 3.59. The van der Waals surface area contributed by atoms with Crippen molar-refractivity contribution in [1.29, 1.82) is 0 Å². The van der Waals surface area contributed by atoms with E-state index in [1.54, 1.807) is 24.5 Å². The minimum absolute atomic E-state index is 0.142. The Bertz CT molecular complexity index is 1440. The van der Waals surface area contributed by atoms with Gasteiger partial charge < -0.3 is 11.1 Å². The molecule has 0 saturated carbocycles. The van der Waals surface area contributed by atoms with Crippen LogP contribution < -0.4 is 21.0 Å². The first-order chi connectivity index (χ1) is 16.7. The van der Waals surface area contributed by atoms with E-state index < -0.39 is 0 Å². The molecule has 0 radical (unpaired) electrons. The molecule has 0 aliphatic carbocycles. The first-order valence-electron chi connectivity index (χ1n) is 11.2. The van der Waals surface area contributed by atoms with Gasteiger partial charge in [0.25, 0.3) is 5.91 Å². The number of fused-ring (bicyclic) bond motifs is 1. The molecule has 3 aromatic heterocycles. The number of rotatable bonds is 6. The van der Waals surface area contributed by atoms with Crippen LogP contribution in [0.2, 0.25) is 0 Å². The zero-order chi connectivity index (χ0) is 23.3. The third-order valence-corrected chi connectivity index (χ3v) is 5.87. The third kappa shape index (κ3) is 4.40. The second kappa shape index (κ2) is 9.60. The summed E-state index contributed by atoms with van der Waals surface area (Å²) in [6.07, 6.45) is 5.11. The Labute approximate surface area is 197 Å². The Balaban J connectivity index is 1.58. The van der Waals surface area contributed by atoms with E-state index in [1.165, 1.54) is 0 Å². The van der Waals surface area contributed by atoms with Gasteiger partial charge in [0.05, 0.1) is 11.6 Å². The van der Waals surface area contributed by atoms with E-state index in [1.807, 2.05) is 30.5 Å². The van der Waals surface area contributed by atoms with E-state index in [0.717, 1.165) is 44.5 Å². The number of hydrogen-bond acceptors (Lipinski definition) is 3. The first-order valence-corrected chi connectivity index (χ1v) is 11.2. The van der Waals surface area contributed by atoms with Crippen molar-refractivity contribution in [2.75, 3.05) is 0 Å². The maximum absolute atomic E-state index is 12.6. The van der Waals surface area contributed by atoms with Crippen molar-refractivity contribution in [3.8, 4) is 22.4 Å². The van der Waals surface area contributed by atoms with E-state index in [2.05, 4.69) is 62.7 Å². The number of nitrogens with two attached hydrogens (primary N) is 1. The lowest BCUT2D eigenvalue weighted by Gasteiger charge is -2.08. The average Bonchev–Trinajstić information content (AvgIpc) is 2.92. The third-order valence-electron chi connectivity index (χ3n) is 5.87. The standard InChI is InChI=1S/C28H23N5O/c29-17-19-6-8-21(9-7-19)27-23(20-4-2-1-3-5-20)16-24-25(33-27)12-15-31-26(24)18-32-28(34)22-10-13-30-14-11-22/h1-16H,17-18,29H2,(H,32,34)/p+2. The summed E-state index contributed by atoms with van der Waals surface area (Å²) in [6.45, 7) is 0.878. The molecule has 6 heteroatoms. The summed E-state index contributed by atoms with van der Waals surface area (Å²) in [5, 5.41) is 4.01. The number of H-pyrrole nitrogens is 2. The number of hydrogen-bond donors (Lipinski definition) is 2. The molecule has 0 saturated heterocycles. The van der Waals surface area contributed by atoms with Gasteiger partial charge in [-0.1, -0.05) is 42.5 Å². The lowest BCUT2D eigenvalue weighted by molar-refractivity contribution is -0.390. The zero-order valence-corrected chi connectivity index (χ0v) is 18.6. The van der Waals surface area contributed by atoms with Crippen molar-refractivity contribution in [3.05, 3.63) is 114 Å². The minimum Gasteiger partial charge on any atom is -0.342 e. The van der Waals surface area contributed by atoms with Crippen molar-refractivity contribution in [1.82, 2.24) is 10.3 Å². The highest BCUT2D eigenvalue weighted by Gasteiger charge is 2.21. The van der Waals surface area contributed by atoms with Gasteiger partial charge in [-0.3, -0.25) is 9.78 Å². The second-order valence-corrected chi connectivity index (χ2v) is 8.03. The quantitative estimate of drug-likeness (QED) is 0.416. The monoisotopic (exact) mass is 447 g/mol. The number of carbonyl (C=O) groups excluding carboxylic acids is 1. The van der Waals surface area contributed by atoms with Crippen molar-refractivity contribution < 1.29 is 14.8 Å². The summed E-state index contributed by atoms with van der Waals surface area (Å²) >= 11 is 0. The number of benzene rings is 2. The summed E-state index contributed by atoms with van der Waals surface area (Å²) in [4.78, 5) is 23.5.